The Hall–Kier alpha value is -3.07. The second-order valence-corrected chi connectivity index (χ2v) is 10.9. The Morgan fingerprint density at radius 1 is 0.944 bits per heavy atom. The molecule has 7 nitrogen and oxygen atoms in total. The van der Waals surface area contributed by atoms with Gasteiger partial charge in [0.25, 0.3) is 10.0 Å². The Labute approximate surface area is 221 Å². The van der Waals surface area contributed by atoms with Crippen LogP contribution in [0.2, 0.25) is 10.0 Å². The Morgan fingerprint density at radius 3 is 2.17 bits per heavy atom. The molecule has 0 aliphatic rings. The molecular weight excluding hydrogens is 521 g/mol. The molecule has 190 valence electrons. The smallest absolute Gasteiger partial charge is 0.264 e. The Bertz CT molecular complexity index is 1330. The van der Waals surface area contributed by atoms with Gasteiger partial charge >= 0.3 is 0 Å². The van der Waals surface area contributed by atoms with Crippen LogP contribution in [0.3, 0.4) is 0 Å². The first kappa shape index (κ1) is 27.5. The van der Waals surface area contributed by atoms with Crippen LogP contribution >= 0.6 is 23.2 Å². The van der Waals surface area contributed by atoms with Gasteiger partial charge in [0.2, 0.25) is 11.8 Å². The third kappa shape index (κ3) is 6.37. The molecule has 0 fully saturated rings. The largest absolute Gasteiger partial charge is 0.357 e. The molecule has 10 heteroatoms. The molecule has 0 saturated heterocycles. The van der Waals surface area contributed by atoms with Gasteiger partial charge in [-0.1, -0.05) is 65.2 Å². The molecule has 0 saturated carbocycles. The Kier molecular flexibility index (Phi) is 9.00. The SMILES string of the molecule is CNC(=O)[C@@H](C)N(Cc1ccc(Cl)c(Cl)c1)C(=O)CN(c1ccc(C)cc1)S(=O)(=O)c1ccccc1. The van der Waals surface area contributed by atoms with E-state index in [4.69, 9.17) is 23.2 Å². The number of sulfonamides is 1. The van der Waals surface area contributed by atoms with E-state index < -0.39 is 34.4 Å². The lowest BCUT2D eigenvalue weighted by Crippen LogP contribution is -2.50. The molecule has 0 aromatic heterocycles. The molecule has 1 atom stereocenters. The zero-order valence-electron chi connectivity index (χ0n) is 20.1. The van der Waals surface area contributed by atoms with Crippen LogP contribution in [0.1, 0.15) is 18.1 Å². The minimum atomic E-state index is -4.09. The molecule has 3 aromatic rings. The van der Waals surface area contributed by atoms with Crippen LogP contribution in [0.15, 0.2) is 77.7 Å². The van der Waals surface area contributed by atoms with E-state index in [1.54, 1.807) is 67.6 Å². The molecule has 3 aromatic carbocycles. The number of anilines is 1. The van der Waals surface area contributed by atoms with Gasteiger partial charge in [0, 0.05) is 13.6 Å². The van der Waals surface area contributed by atoms with E-state index in [-0.39, 0.29) is 11.4 Å². The van der Waals surface area contributed by atoms with Crippen molar-refractivity contribution in [1.29, 1.82) is 0 Å². The van der Waals surface area contributed by atoms with Crippen LogP contribution in [-0.2, 0) is 26.2 Å². The number of hydrogen-bond donors (Lipinski definition) is 1. The molecular formula is C26H27Cl2N3O4S. The fourth-order valence-electron chi connectivity index (χ4n) is 3.59. The molecule has 0 bridgehead atoms. The van der Waals surface area contributed by atoms with Crippen molar-refractivity contribution in [3.8, 4) is 0 Å². The van der Waals surface area contributed by atoms with E-state index in [9.17, 15) is 18.0 Å². The van der Waals surface area contributed by atoms with Gasteiger partial charge in [0.1, 0.15) is 12.6 Å². The van der Waals surface area contributed by atoms with Gasteiger partial charge in [-0.05, 0) is 55.8 Å². The van der Waals surface area contributed by atoms with E-state index >= 15 is 0 Å². The van der Waals surface area contributed by atoms with E-state index in [0.717, 1.165) is 9.87 Å². The molecule has 0 heterocycles. The molecule has 1 N–H and O–H groups in total. The van der Waals surface area contributed by atoms with Gasteiger partial charge in [0.15, 0.2) is 0 Å². The zero-order valence-corrected chi connectivity index (χ0v) is 22.4. The summed E-state index contributed by atoms with van der Waals surface area (Å²) in [5.74, 6) is -0.950. The fraction of sp³-hybridized carbons (Fsp3) is 0.231. The maximum Gasteiger partial charge on any atom is 0.264 e. The first-order valence-electron chi connectivity index (χ1n) is 11.1. The van der Waals surface area contributed by atoms with Crippen LogP contribution in [0.4, 0.5) is 5.69 Å². The van der Waals surface area contributed by atoms with E-state index in [1.807, 2.05) is 6.92 Å². The summed E-state index contributed by atoms with van der Waals surface area (Å²) in [4.78, 5) is 27.5. The summed E-state index contributed by atoms with van der Waals surface area (Å²) in [7, 11) is -2.61. The summed E-state index contributed by atoms with van der Waals surface area (Å²) in [6.07, 6.45) is 0. The Morgan fingerprint density at radius 2 is 1.58 bits per heavy atom. The van der Waals surface area contributed by atoms with Crippen LogP contribution in [0.25, 0.3) is 0 Å². The average Bonchev–Trinajstić information content (AvgIpc) is 2.88. The summed E-state index contributed by atoms with van der Waals surface area (Å²) in [5.41, 5.74) is 1.91. The highest BCUT2D eigenvalue weighted by molar-refractivity contribution is 7.92. The minimum Gasteiger partial charge on any atom is -0.357 e. The summed E-state index contributed by atoms with van der Waals surface area (Å²) < 4.78 is 28.3. The first-order chi connectivity index (χ1) is 17.0. The number of carbonyl (C=O) groups excluding carboxylic acids is 2. The Balaban J connectivity index is 2.02. The quantitative estimate of drug-likeness (QED) is 0.422. The molecule has 0 radical (unpaired) electrons. The number of likely N-dealkylation sites (N-methyl/N-ethyl adjacent to an activating group) is 1. The van der Waals surface area contributed by atoms with Crippen molar-refractivity contribution in [2.45, 2.75) is 31.3 Å². The van der Waals surface area contributed by atoms with Gasteiger partial charge in [-0.3, -0.25) is 13.9 Å². The summed E-state index contributed by atoms with van der Waals surface area (Å²) in [6.45, 7) is 2.98. The standard InChI is InChI=1S/C26H27Cl2N3O4S/c1-18-9-12-21(13-10-18)31(36(34,35)22-7-5-4-6-8-22)17-25(32)30(19(2)26(33)29-3)16-20-11-14-23(27)24(28)15-20/h4-15,19H,16-17H2,1-3H3,(H,29,33)/t19-/m1/s1. The van der Waals surface area contributed by atoms with Crippen molar-refractivity contribution in [1.82, 2.24) is 10.2 Å². The third-order valence-corrected chi connectivity index (χ3v) is 8.21. The number of rotatable bonds is 9. The molecule has 3 rings (SSSR count). The van der Waals surface area contributed by atoms with Crippen molar-refractivity contribution in [2.24, 2.45) is 0 Å². The first-order valence-corrected chi connectivity index (χ1v) is 13.3. The molecule has 0 unspecified atom stereocenters. The van der Waals surface area contributed by atoms with Crippen molar-refractivity contribution in [3.63, 3.8) is 0 Å². The average molecular weight is 548 g/mol. The highest BCUT2D eigenvalue weighted by Gasteiger charge is 2.32. The van der Waals surface area contributed by atoms with Crippen LogP contribution in [0.5, 0.6) is 0 Å². The van der Waals surface area contributed by atoms with Crippen molar-refractivity contribution in [3.05, 3.63) is 94.0 Å². The van der Waals surface area contributed by atoms with Gasteiger partial charge in [0.05, 0.1) is 20.6 Å². The minimum absolute atomic E-state index is 0.0252. The summed E-state index contributed by atoms with van der Waals surface area (Å²) in [6, 6.07) is 18.8. The van der Waals surface area contributed by atoms with Crippen LogP contribution in [0, 0.1) is 6.92 Å². The molecule has 36 heavy (non-hydrogen) atoms. The predicted molar refractivity (Wildman–Crippen MR) is 143 cm³/mol. The lowest BCUT2D eigenvalue weighted by Gasteiger charge is -2.31. The van der Waals surface area contributed by atoms with E-state index in [0.29, 0.717) is 21.3 Å². The van der Waals surface area contributed by atoms with Gasteiger partial charge in [-0.2, -0.15) is 0 Å². The number of carbonyl (C=O) groups is 2. The van der Waals surface area contributed by atoms with Crippen LogP contribution < -0.4 is 9.62 Å². The van der Waals surface area contributed by atoms with E-state index in [1.165, 1.54) is 24.1 Å². The van der Waals surface area contributed by atoms with E-state index in [2.05, 4.69) is 5.32 Å². The van der Waals surface area contributed by atoms with Crippen molar-refractivity contribution >= 4 is 50.7 Å². The number of aryl methyl sites for hydroxylation is 1. The molecule has 2 amide bonds. The normalized spacial score (nSPS) is 12.0. The predicted octanol–water partition coefficient (Wildman–Crippen LogP) is 4.66. The maximum atomic E-state index is 13.7. The summed E-state index contributed by atoms with van der Waals surface area (Å²) >= 11 is 12.2. The zero-order chi connectivity index (χ0) is 26.5. The lowest BCUT2D eigenvalue weighted by molar-refractivity contribution is -0.139. The molecule has 0 aliphatic carbocycles. The number of halogens is 2. The molecule has 0 aliphatic heterocycles. The van der Waals surface area contributed by atoms with Crippen LogP contribution in [-0.4, -0.2) is 44.8 Å². The number of nitrogens with zero attached hydrogens (tertiary/aromatic N) is 2. The van der Waals surface area contributed by atoms with Gasteiger partial charge in [-0.25, -0.2) is 8.42 Å². The van der Waals surface area contributed by atoms with Gasteiger partial charge < -0.3 is 10.2 Å². The second-order valence-electron chi connectivity index (χ2n) is 8.22. The summed E-state index contributed by atoms with van der Waals surface area (Å²) in [5, 5.41) is 3.21. The number of nitrogens with one attached hydrogen (secondary N) is 1. The highest BCUT2D eigenvalue weighted by atomic mass is 35.5. The maximum absolute atomic E-state index is 13.7. The van der Waals surface area contributed by atoms with Crippen molar-refractivity contribution in [2.75, 3.05) is 17.9 Å². The second kappa shape index (κ2) is 11.8. The third-order valence-electron chi connectivity index (χ3n) is 5.68. The number of amides is 2. The topological polar surface area (TPSA) is 86.8 Å². The fourth-order valence-corrected chi connectivity index (χ4v) is 5.34. The molecule has 0 spiro atoms. The monoisotopic (exact) mass is 547 g/mol. The number of hydrogen-bond acceptors (Lipinski definition) is 4. The van der Waals surface area contributed by atoms with Crippen molar-refractivity contribution < 1.29 is 18.0 Å². The van der Waals surface area contributed by atoms with Gasteiger partial charge in [-0.15, -0.1) is 0 Å². The lowest BCUT2D eigenvalue weighted by atomic mass is 10.1. The highest BCUT2D eigenvalue weighted by Crippen LogP contribution is 2.26. The number of benzene rings is 3.